The van der Waals surface area contributed by atoms with E-state index in [0.29, 0.717) is 0 Å². The number of nitrogens with zero attached hydrogens (tertiary/aromatic N) is 1. The second-order valence-corrected chi connectivity index (χ2v) is 5.60. The molecule has 0 radical (unpaired) electrons. The van der Waals surface area contributed by atoms with Crippen LogP contribution in [-0.4, -0.2) is 18.0 Å². The molecule has 1 heterocycles. The van der Waals surface area contributed by atoms with Crippen LogP contribution < -0.4 is 10.9 Å². The van der Waals surface area contributed by atoms with E-state index >= 15 is 0 Å². The van der Waals surface area contributed by atoms with E-state index in [4.69, 9.17) is 0 Å². The minimum Gasteiger partial charge on any atom is -0.321 e. The van der Waals surface area contributed by atoms with Crippen molar-refractivity contribution in [2.75, 3.05) is 18.5 Å². The number of likely N-dealkylation sites (tertiary alicyclic amines) is 1. The number of benzene rings is 2. The van der Waals surface area contributed by atoms with Gasteiger partial charge in [0.05, 0.1) is 0 Å². The summed E-state index contributed by atoms with van der Waals surface area (Å²) in [5, 5.41) is 0. The van der Waals surface area contributed by atoms with Crippen molar-refractivity contribution in [3.05, 3.63) is 65.7 Å². The van der Waals surface area contributed by atoms with E-state index in [1.807, 2.05) is 18.2 Å². The van der Waals surface area contributed by atoms with Gasteiger partial charge in [-0.05, 0) is 49.2 Å². The second kappa shape index (κ2) is 7.25. The predicted molar refractivity (Wildman–Crippen MR) is 87.9 cm³/mol. The molecule has 2 aromatic rings. The van der Waals surface area contributed by atoms with Gasteiger partial charge in [0.15, 0.2) is 0 Å². The van der Waals surface area contributed by atoms with Crippen molar-refractivity contribution in [1.29, 1.82) is 0 Å². The molecule has 3 heteroatoms. The maximum absolute atomic E-state index is 3.31. The summed E-state index contributed by atoms with van der Waals surface area (Å²) in [6, 6.07) is 18.9. The van der Waals surface area contributed by atoms with Gasteiger partial charge in [0.1, 0.15) is 0 Å². The molecule has 0 aromatic heterocycles. The highest BCUT2D eigenvalue weighted by atomic mass is 15.3. The van der Waals surface area contributed by atoms with Crippen LogP contribution in [0.2, 0.25) is 0 Å². The number of para-hydroxylation sites is 1. The minimum atomic E-state index is 0.832. The van der Waals surface area contributed by atoms with Crippen LogP contribution in [0, 0.1) is 0 Å². The van der Waals surface area contributed by atoms with E-state index in [1.165, 1.54) is 37.1 Å². The van der Waals surface area contributed by atoms with E-state index in [9.17, 15) is 0 Å². The Labute approximate surface area is 127 Å². The third-order valence-electron chi connectivity index (χ3n) is 4.00. The fraction of sp³-hybridized carbons (Fsp3) is 0.333. The van der Waals surface area contributed by atoms with Gasteiger partial charge in [-0.25, -0.2) is 5.43 Å². The van der Waals surface area contributed by atoms with Gasteiger partial charge in [-0.3, -0.25) is 4.90 Å². The zero-order valence-electron chi connectivity index (χ0n) is 12.4. The molecule has 3 rings (SSSR count). The fourth-order valence-electron chi connectivity index (χ4n) is 2.83. The molecule has 1 aliphatic heterocycles. The van der Waals surface area contributed by atoms with E-state index in [1.54, 1.807) is 0 Å². The molecule has 0 unspecified atom stereocenters. The molecule has 21 heavy (non-hydrogen) atoms. The van der Waals surface area contributed by atoms with Crippen LogP contribution in [-0.2, 0) is 13.1 Å². The average molecular weight is 281 g/mol. The van der Waals surface area contributed by atoms with Crippen molar-refractivity contribution >= 4 is 5.69 Å². The Morgan fingerprint density at radius 3 is 2.24 bits per heavy atom. The second-order valence-electron chi connectivity index (χ2n) is 5.60. The molecule has 110 valence electrons. The molecule has 3 nitrogen and oxygen atoms in total. The molecule has 1 saturated heterocycles. The highest BCUT2D eigenvalue weighted by Crippen LogP contribution is 2.16. The lowest BCUT2D eigenvalue weighted by Crippen LogP contribution is -2.23. The molecule has 0 amide bonds. The van der Waals surface area contributed by atoms with Crippen molar-refractivity contribution in [2.45, 2.75) is 25.9 Å². The van der Waals surface area contributed by atoms with Crippen LogP contribution in [0.5, 0.6) is 0 Å². The van der Waals surface area contributed by atoms with Crippen molar-refractivity contribution in [1.82, 2.24) is 10.3 Å². The van der Waals surface area contributed by atoms with Crippen LogP contribution in [0.3, 0.4) is 0 Å². The monoisotopic (exact) mass is 281 g/mol. The molecule has 1 aliphatic rings. The van der Waals surface area contributed by atoms with Gasteiger partial charge in [0.25, 0.3) is 0 Å². The first-order chi connectivity index (χ1) is 10.4. The quantitative estimate of drug-likeness (QED) is 0.795. The summed E-state index contributed by atoms with van der Waals surface area (Å²) in [4.78, 5) is 2.55. The number of hydrogen-bond acceptors (Lipinski definition) is 3. The largest absolute Gasteiger partial charge is 0.321 e. The first-order valence-electron chi connectivity index (χ1n) is 7.75. The molecule has 0 atom stereocenters. The minimum absolute atomic E-state index is 0.832. The van der Waals surface area contributed by atoms with E-state index in [0.717, 1.165) is 18.8 Å². The highest BCUT2D eigenvalue weighted by Gasteiger charge is 2.13. The summed E-state index contributed by atoms with van der Waals surface area (Å²) in [5.74, 6) is 0. The highest BCUT2D eigenvalue weighted by molar-refractivity contribution is 5.41. The Bertz CT molecular complexity index is 547. The Hall–Kier alpha value is -1.84. The summed E-state index contributed by atoms with van der Waals surface area (Å²) in [7, 11) is 0. The van der Waals surface area contributed by atoms with E-state index < -0.39 is 0 Å². The summed E-state index contributed by atoms with van der Waals surface area (Å²) in [6.45, 7) is 4.39. The van der Waals surface area contributed by atoms with Gasteiger partial charge >= 0.3 is 0 Å². The lowest BCUT2D eigenvalue weighted by Gasteiger charge is -2.18. The third kappa shape index (κ3) is 4.06. The first kappa shape index (κ1) is 14.1. The maximum Gasteiger partial charge on any atom is 0.0487 e. The molecule has 0 bridgehead atoms. The standard InChI is InChI=1S/C18H23N3/c1-2-10-18(11-3-1)20-19-14-16-8-4-5-9-17(16)15-21-12-6-7-13-21/h1-5,8-11,19-20H,6-7,12-15H2. The number of hydrazine groups is 1. The molecular formula is C18H23N3. The lowest BCUT2D eigenvalue weighted by molar-refractivity contribution is 0.330. The molecule has 0 saturated carbocycles. The number of anilines is 1. The molecule has 0 aliphatic carbocycles. The van der Waals surface area contributed by atoms with Crippen molar-refractivity contribution in [3.8, 4) is 0 Å². The summed E-state index contributed by atoms with van der Waals surface area (Å²) in [6.07, 6.45) is 2.69. The SMILES string of the molecule is c1ccc(NNCc2ccccc2CN2CCCC2)cc1. The van der Waals surface area contributed by atoms with E-state index in [-0.39, 0.29) is 0 Å². The maximum atomic E-state index is 3.31. The van der Waals surface area contributed by atoms with Crippen LogP contribution in [0.4, 0.5) is 5.69 Å². The Morgan fingerprint density at radius 1 is 0.810 bits per heavy atom. The smallest absolute Gasteiger partial charge is 0.0487 e. The molecule has 2 N–H and O–H groups in total. The zero-order valence-corrected chi connectivity index (χ0v) is 12.4. The molecule has 2 aromatic carbocycles. The molecule has 1 fully saturated rings. The fourth-order valence-corrected chi connectivity index (χ4v) is 2.83. The Kier molecular flexibility index (Phi) is 4.87. The lowest BCUT2D eigenvalue weighted by atomic mass is 10.1. The number of rotatable bonds is 6. The molecular weight excluding hydrogens is 258 g/mol. The van der Waals surface area contributed by atoms with Gasteiger partial charge in [0, 0.05) is 18.8 Å². The van der Waals surface area contributed by atoms with Crippen LogP contribution in [0.15, 0.2) is 54.6 Å². The summed E-state index contributed by atoms with van der Waals surface area (Å²) in [5.41, 5.74) is 10.5. The van der Waals surface area contributed by atoms with Crippen molar-refractivity contribution < 1.29 is 0 Å². The average Bonchev–Trinajstić information content (AvgIpc) is 3.03. The van der Waals surface area contributed by atoms with Crippen LogP contribution in [0.1, 0.15) is 24.0 Å². The van der Waals surface area contributed by atoms with Crippen LogP contribution in [0.25, 0.3) is 0 Å². The number of hydrogen-bond donors (Lipinski definition) is 2. The van der Waals surface area contributed by atoms with Gasteiger partial charge in [-0.1, -0.05) is 42.5 Å². The molecule has 0 spiro atoms. The zero-order chi connectivity index (χ0) is 14.3. The Balaban J connectivity index is 1.57. The van der Waals surface area contributed by atoms with E-state index in [2.05, 4.69) is 52.1 Å². The topological polar surface area (TPSA) is 27.3 Å². The normalized spacial score (nSPS) is 15.2. The summed E-state index contributed by atoms with van der Waals surface area (Å²) < 4.78 is 0. The van der Waals surface area contributed by atoms with Gasteiger partial charge in [-0.2, -0.15) is 0 Å². The first-order valence-corrected chi connectivity index (χ1v) is 7.75. The van der Waals surface area contributed by atoms with Gasteiger partial charge in [0.2, 0.25) is 0 Å². The Morgan fingerprint density at radius 2 is 1.48 bits per heavy atom. The number of nitrogens with one attached hydrogen (secondary N) is 2. The summed E-state index contributed by atoms with van der Waals surface area (Å²) >= 11 is 0. The van der Waals surface area contributed by atoms with Crippen molar-refractivity contribution in [2.24, 2.45) is 0 Å². The van der Waals surface area contributed by atoms with Crippen molar-refractivity contribution in [3.63, 3.8) is 0 Å². The van der Waals surface area contributed by atoms with Gasteiger partial charge in [-0.15, -0.1) is 0 Å². The van der Waals surface area contributed by atoms with Crippen LogP contribution >= 0.6 is 0 Å². The predicted octanol–water partition coefficient (Wildman–Crippen LogP) is 3.40. The van der Waals surface area contributed by atoms with Gasteiger partial charge < -0.3 is 5.43 Å². The third-order valence-corrected chi connectivity index (χ3v) is 4.00.